The van der Waals surface area contributed by atoms with Crippen LogP contribution in [0.25, 0.3) is 0 Å². The summed E-state index contributed by atoms with van der Waals surface area (Å²) < 4.78 is 33.0. The summed E-state index contributed by atoms with van der Waals surface area (Å²) in [5.41, 5.74) is 0. The molecular formula is C18H21BrN2O4S. The Kier molecular flexibility index (Phi) is 7.62. The molecule has 26 heavy (non-hydrogen) atoms. The number of hydrogen-bond acceptors (Lipinski definition) is 4. The van der Waals surface area contributed by atoms with Crippen molar-refractivity contribution in [1.29, 1.82) is 0 Å². The number of para-hydroxylation sites is 1. The van der Waals surface area contributed by atoms with E-state index in [1.807, 2.05) is 30.3 Å². The van der Waals surface area contributed by atoms with E-state index in [-0.39, 0.29) is 23.8 Å². The zero-order chi connectivity index (χ0) is 19.0. The number of carbonyl (C=O) groups excluding carboxylic acids is 1. The van der Waals surface area contributed by atoms with Gasteiger partial charge in [0, 0.05) is 24.5 Å². The summed E-state index contributed by atoms with van der Waals surface area (Å²) >= 11 is 3.24. The maximum atomic E-state index is 12.2. The monoisotopic (exact) mass is 440 g/mol. The van der Waals surface area contributed by atoms with Gasteiger partial charge in [-0.25, -0.2) is 13.1 Å². The lowest BCUT2D eigenvalue weighted by atomic mass is 10.3. The van der Waals surface area contributed by atoms with Crippen LogP contribution >= 0.6 is 15.9 Å². The number of rotatable bonds is 9. The molecule has 8 heteroatoms. The fraction of sp³-hybridized carbons (Fsp3) is 0.278. The van der Waals surface area contributed by atoms with E-state index < -0.39 is 10.0 Å². The maximum absolute atomic E-state index is 12.2. The zero-order valence-electron chi connectivity index (χ0n) is 14.4. The average Bonchev–Trinajstić information content (AvgIpc) is 2.62. The SMILES string of the molecule is CN(CCOc1ccccc1)C(=O)CCNS(=O)(=O)c1cccc(Br)c1. The molecule has 0 fully saturated rings. The Labute approximate surface area is 162 Å². The third kappa shape index (κ3) is 6.44. The summed E-state index contributed by atoms with van der Waals surface area (Å²) in [6.07, 6.45) is 0.0784. The molecule has 140 valence electrons. The van der Waals surface area contributed by atoms with Crippen LogP contribution in [-0.4, -0.2) is 46.0 Å². The third-order valence-electron chi connectivity index (χ3n) is 3.60. The van der Waals surface area contributed by atoms with E-state index >= 15 is 0 Å². The predicted molar refractivity (Wildman–Crippen MR) is 104 cm³/mol. The summed E-state index contributed by atoms with van der Waals surface area (Å²) in [5.74, 6) is 0.591. The van der Waals surface area contributed by atoms with Gasteiger partial charge < -0.3 is 9.64 Å². The topological polar surface area (TPSA) is 75.7 Å². The molecule has 0 heterocycles. The summed E-state index contributed by atoms with van der Waals surface area (Å²) in [6.45, 7) is 0.833. The van der Waals surface area contributed by atoms with E-state index in [0.29, 0.717) is 17.6 Å². The first-order valence-electron chi connectivity index (χ1n) is 8.05. The van der Waals surface area contributed by atoms with Gasteiger partial charge in [-0.3, -0.25) is 4.79 Å². The summed E-state index contributed by atoms with van der Waals surface area (Å²) in [4.78, 5) is 13.8. The van der Waals surface area contributed by atoms with Gasteiger partial charge in [-0.05, 0) is 30.3 Å². The standard InChI is InChI=1S/C18H21BrN2O4S/c1-21(12-13-25-16-7-3-2-4-8-16)18(22)10-11-20-26(23,24)17-9-5-6-15(19)14-17/h2-9,14,20H,10-13H2,1H3. The molecule has 0 saturated heterocycles. The van der Waals surface area contributed by atoms with Crippen LogP contribution in [0.5, 0.6) is 5.75 Å². The number of nitrogens with zero attached hydrogens (tertiary/aromatic N) is 1. The first-order chi connectivity index (χ1) is 12.4. The number of halogens is 1. The minimum atomic E-state index is -3.63. The smallest absolute Gasteiger partial charge is 0.240 e. The Morgan fingerprint density at radius 3 is 2.58 bits per heavy atom. The van der Waals surface area contributed by atoms with Crippen molar-refractivity contribution in [2.24, 2.45) is 0 Å². The van der Waals surface area contributed by atoms with E-state index in [2.05, 4.69) is 20.7 Å². The van der Waals surface area contributed by atoms with Crippen molar-refractivity contribution in [3.05, 3.63) is 59.1 Å². The van der Waals surface area contributed by atoms with Crippen LogP contribution in [0.4, 0.5) is 0 Å². The number of ether oxygens (including phenoxy) is 1. The number of sulfonamides is 1. The molecule has 2 aromatic carbocycles. The lowest BCUT2D eigenvalue weighted by molar-refractivity contribution is -0.130. The Hall–Kier alpha value is -1.90. The summed E-state index contributed by atoms with van der Waals surface area (Å²) in [7, 11) is -1.97. The molecule has 0 aromatic heterocycles. The minimum Gasteiger partial charge on any atom is -0.492 e. The number of benzene rings is 2. The Bertz CT molecular complexity index is 828. The predicted octanol–water partition coefficient (Wildman–Crippen LogP) is 2.65. The van der Waals surface area contributed by atoms with E-state index in [4.69, 9.17) is 4.74 Å². The highest BCUT2D eigenvalue weighted by atomic mass is 79.9. The van der Waals surface area contributed by atoms with Crippen LogP contribution in [-0.2, 0) is 14.8 Å². The third-order valence-corrected chi connectivity index (χ3v) is 5.55. The fourth-order valence-corrected chi connectivity index (χ4v) is 3.77. The van der Waals surface area contributed by atoms with Crippen molar-refractivity contribution in [3.63, 3.8) is 0 Å². The highest BCUT2D eigenvalue weighted by Crippen LogP contribution is 2.15. The molecule has 0 aliphatic carbocycles. The van der Waals surface area contributed by atoms with Crippen molar-refractivity contribution < 1.29 is 17.9 Å². The Morgan fingerprint density at radius 2 is 1.88 bits per heavy atom. The van der Waals surface area contributed by atoms with Crippen molar-refractivity contribution in [1.82, 2.24) is 9.62 Å². The lowest BCUT2D eigenvalue weighted by Gasteiger charge is -2.17. The number of carbonyl (C=O) groups is 1. The fourth-order valence-electron chi connectivity index (χ4n) is 2.14. The molecule has 1 N–H and O–H groups in total. The highest BCUT2D eigenvalue weighted by molar-refractivity contribution is 9.10. The van der Waals surface area contributed by atoms with Gasteiger partial charge in [0.15, 0.2) is 0 Å². The average molecular weight is 441 g/mol. The lowest BCUT2D eigenvalue weighted by Crippen LogP contribution is -2.34. The summed E-state index contributed by atoms with van der Waals surface area (Å²) in [6, 6.07) is 15.7. The molecule has 6 nitrogen and oxygen atoms in total. The van der Waals surface area contributed by atoms with Gasteiger partial charge in [0.1, 0.15) is 12.4 Å². The molecule has 0 spiro atoms. The van der Waals surface area contributed by atoms with Crippen LogP contribution in [0.1, 0.15) is 6.42 Å². The van der Waals surface area contributed by atoms with Crippen molar-refractivity contribution in [2.75, 3.05) is 26.7 Å². The van der Waals surface area contributed by atoms with Crippen molar-refractivity contribution >= 4 is 31.9 Å². The van der Waals surface area contributed by atoms with E-state index in [1.165, 1.54) is 17.0 Å². The number of likely N-dealkylation sites (N-methyl/N-ethyl adjacent to an activating group) is 1. The molecule has 0 atom stereocenters. The zero-order valence-corrected chi connectivity index (χ0v) is 16.8. The van der Waals surface area contributed by atoms with Crippen molar-refractivity contribution in [3.8, 4) is 5.75 Å². The number of hydrogen-bond donors (Lipinski definition) is 1. The largest absolute Gasteiger partial charge is 0.492 e. The molecule has 0 aliphatic heterocycles. The molecule has 0 unspecified atom stereocenters. The van der Waals surface area contributed by atoms with E-state index in [9.17, 15) is 13.2 Å². The molecule has 0 bridgehead atoms. The van der Waals surface area contributed by atoms with E-state index in [0.717, 1.165) is 5.75 Å². The van der Waals surface area contributed by atoms with E-state index in [1.54, 1.807) is 19.2 Å². The number of amides is 1. The first kappa shape index (κ1) is 20.4. The normalized spacial score (nSPS) is 11.2. The van der Waals surface area contributed by atoms with Gasteiger partial charge in [-0.2, -0.15) is 0 Å². The van der Waals surface area contributed by atoms with Gasteiger partial charge in [0.05, 0.1) is 11.4 Å². The molecular weight excluding hydrogens is 420 g/mol. The van der Waals surface area contributed by atoms with Crippen LogP contribution in [0, 0.1) is 0 Å². The molecule has 0 radical (unpaired) electrons. The van der Waals surface area contributed by atoms with Crippen LogP contribution in [0.2, 0.25) is 0 Å². The Balaban J connectivity index is 1.73. The second-order valence-corrected chi connectivity index (χ2v) is 8.26. The van der Waals surface area contributed by atoms with Gasteiger partial charge in [0.25, 0.3) is 0 Å². The molecule has 2 aromatic rings. The molecule has 2 rings (SSSR count). The second-order valence-electron chi connectivity index (χ2n) is 5.58. The van der Waals surface area contributed by atoms with Gasteiger partial charge in [0.2, 0.25) is 15.9 Å². The van der Waals surface area contributed by atoms with Crippen LogP contribution in [0.15, 0.2) is 64.0 Å². The van der Waals surface area contributed by atoms with Gasteiger partial charge in [-0.15, -0.1) is 0 Å². The second kappa shape index (κ2) is 9.70. The van der Waals surface area contributed by atoms with Crippen LogP contribution < -0.4 is 9.46 Å². The minimum absolute atomic E-state index is 0.0392. The van der Waals surface area contributed by atoms with Crippen LogP contribution in [0.3, 0.4) is 0 Å². The number of nitrogens with one attached hydrogen (secondary N) is 1. The quantitative estimate of drug-likeness (QED) is 0.650. The van der Waals surface area contributed by atoms with Crippen molar-refractivity contribution in [2.45, 2.75) is 11.3 Å². The molecule has 1 amide bonds. The molecule has 0 saturated carbocycles. The highest BCUT2D eigenvalue weighted by Gasteiger charge is 2.15. The first-order valence-corrected chi connectivity index (χ1v) is 10.3. The maximum Gasteiger partial charge on any atom is 0.240 e. The molecule has 0 aliphatic rings. The Morgan fingerprint density at radius 1 is 1.15 bits per heavy atom. The van der Waals surface area contributed by atoms with Gasteiger partial charge in [-0.1, -0.05) is 40.2 Å². The van der Waals surface area contributed by atoms with Gasteiger partial charge >= 0.3 is 0 Å². The summed E-state index contributed by atoms with van der Waals surface area (Å²) in [5, 5.41) is 0.